The lowest BCUT2D eigenvalue weighted by molar-refractivity contribution is -0.143. The van der Waals surface area contributed by atoms with Gasteiger partial charge in [0.25, 0.3) is 0 Å². The van der Waals surface area contributed by atoms with E-state index in [9.17, 15) is 4.79 Å². The maximum Gasteiger partial charge on any atom is 0.305 e. The average Bonchev–Trinajstić information content (AvgIpc) is 2.48. The summed E-state index contributed by atoms with van der Waals surface area (Å²) in [5.41, 5.74) is 0. The zero-order chi connectivity index (χ0) is 15.0. The third-order valence-electron chi connectivity index (χ3n) is 4.20. The van der Waals surface area contributed by atoms with Gasteiger partial charge in [-0.2, -0.15) is 0 Å². The SMILES string of the molecule is O=C1CCCCCCCC/C=C/CCCCCCCCO1. The summed E-state index contributed by atoms with van der Waals surface area (Å²) >= 11 is 0. The first-order valence-corrected chi connectivity index (χ1v) is 9.20. The third kappa shape index (κ3) is 12.6. The van der Waals surface area contributed by atoms with Crippen molar-refractivity contribution in [1.82, 2.24) is 0 Å². The largest absolute Gasteiger partial charge is 0.466 e. The maximum absolute atomic E-state index is 11.5. The molecule has 0 spiro atoms. The van der Waals surface area contributed by atoms with Crippen LogP contribution in [0.3, 0.4) is 0 Å². The van der Waals surface area contributed by atoms with E-state index in [1.165, 1.54) is 77.0 Å². The van der Waals surface area contributed by atoms with Crippen molar-refractivity contribution in [2.45, 2.75) is 96.3 Å². The fourth-order valence-electron chi connectivity index (χ4n) is 2.80. The van der Waals surface area contributed by atoms with Crippen molar-refractivity contribution in [2.75, 3.05) is 6.61 Å². The lowest BCUT2D eigenvalue weighted by Gasteiger charge is -2.05. The molecule has 2 heteroatoms. The van der Waals surface area contributed by atoms with Crippen LogP contribution >= 0.6 is 0 Å². The van der Waals surface area contributed by atoms with Gasteiger partial charge in [-0.25, -0.2) is 0 Å². The van der Waals surface area contributed by atoms with Gasteiger partial charge in [-0.3, -0.25) is 4.79 Å². The number of hydrogen-bond acceptors (Lipinski definition) is 2. The first kappa shape index (κ1) is 18.3. The number of esters is 1. The molecule has 2 nitrogen and oxygen atoms in total. The van der Waals surface area contributed by atoms with Crippen molar-refractivity contribution in [3.63, 3.8) is 0 Å². The zero-order valence-corrected chi connectivity index (χ0v) is 13.8. The lowest BCUT2D eigenvalue weighted by Crippen LogP contribution is -2.05. The molecule has 0 radical (unpaired) electrons. The molecule has 1 aliphatic heterocycles. The molecule has 0 saturated heterocycles. The zero-order valence-electron chi connectivity index (χ0n) is 13.8. The van der Waals surface area contributed by atoms with Crippen LogP contribution in [-0.4, -0.2) is 12.6 Å². The Kier molecular flexibility index (Phi) is 12.3. The highest BCUT2D eigenvalue weighted by molar-refractivity contribution is 5.69. The molecule has 0 saturated carbocycles. The summed E-state index contributed by atoms with van der Waals surface area (Å²) < 4.78 is 5.28. The molecule has 0 aromatic carbocycles. The number of carbonyl (C=O) groups excluding carboxylic acids is 1. The predicted molar refractivity (Wildman–Crippen MR) is 89.4 cm³/mol. The molecule has 0 bridgehead atoms. The fraction of sp³-hybridized carbons (Fsp3) is 0.842. The molecule has 0 aromatic rings. The number of carbonyl (C=O) groups is 1. The first-order chi connectivity index (χ1) is 10.4. The van der Waals surface area contributed by atoms with E-state index in [2.05, 4.69) is 12.2 Å². The average molecular weight is 294 g/mol. The van der Waals surface area contributed by atoms with Crippen LogP contribution < -0.4 is 0 Å². The molecular weight excluding hydrogens is 260 g/mol. The molecule has 1 rings (SSSR count). The molecule has 21 heavy (non-hydrogen) atoms. The molecule has 122 valence electrons. The molecule has 0 atom stereocenters. The van der Waals surface area contributed by atoms with E-state index in [4.69, 9.17) is 4.74 Å². The van der Waals surface area contributed by atoms with Crippen LogP contribution in [-0.2, 0) is 9.53 Å². The summed E-state index contributed by atoms with van der Waals surface area (Å²) in [6, 6.07) is 0. The second-order valence-corrected chi connectivity index (χ2v) is 6.26. The molecule has 1 heterocycles. The predicted octanol–water partition coefficient (Wildman–Crippen LogP) is 5.95. The molecule has 0 N–H and O–H groups in total. The summed E-state index contributed by atoms with van der Waals surface area (Å²) in [6.45, 7) is 0.627. The van der Waals surface area contributed by atoms with Gasteiger partial charge in [-0.15, -0.1) is 0 Å². The van der Waals surface area contributed by atoms with Gasteiger partial charge in [0, 0.05) is 6.42 Å². The normalized spacial score (nSPS) is 23.9. The van der Waals surface area contributed by atoms with E-state index in [1.54, 1.807) is 0 Å². The maximum atomic E-state index is 11.5. The van der Waals surface area contributed by atoms with Gasteiger partial charge >= 0.3 is 5.97 Å². The van der Waals surface area contributed by atoms with E-state index < -0.39 is 0 Å². The van der Waals surface area contributed by atoms with Gasteiger partial charge in [0.2, 0.25) is 0 Å². The number of cyclic esters (lactones) is 1. The van der Waals surface area contributed by atoms with Crippen LogP contribution in [0.25, 0.3) is 0 Å². The third-order valence-corrected chi connectivity index (χ3v) is 4.20. The number of allylic oxidation sites excluding steroid dienone is 2. The van der Waals surface area contributed by atoms with Gasteiger partial charge in [0.1, 0.15) is 0 Å². The van der Waals surface area contributed by atoms with E-state index in [0.29, 0.717) is 13.0 Å². The van der Waals surface area contributed by atoms with Crippen molar-refractivity contribution in [2.24, 2.45) is 0 Å². The summed E-state index contributed by atoms with van der Waals surface area (Å²) in [5.74, 6) is 0.00883. The summed E-state index contributed by atoms with van der Waals surface area (Å²) in [6.07, 6.45) is 22.7. The van der Waals surface area contributed by atoms with E-state index in [1.807, 2.05) is 0 Å². The molecule has 0 unspecified atom stereocenters. The quantitative estimate of drug-likeness (QED) is 0.407. The number of hydrogen-bond donors (Lipinski definition) is 0. The molecule has 1 aliphatic rings. The second kappa shape index (κ2) is 14.2. The van der Waals surface area contributed by atoms with Crippen molar-refractivity contribution < 1.29 is 9.53 Å². The summed E-state index contributed by atoms with van der Waals surface area (Å²) in [5, 5.41) is 0. The van der Waals surface area contributed by atoms with Crippen molar-refractivity contribution in [1.29, 1.82) is 0 Å². The minimum absolute atomic E-state index is 0.00883. The first-order valence-electron chi connectivity index (χ1n) is 9.20. The molecule has 0 fully saturated rings. The summed E-state index contributed by atoms with van der Waals surface area (Å²) in [4.78, 5) is 11.5. The highest BCUT2D eigenvalue weighted by atomic mass is 16.5. The summed E-state index contributed by atoms with van der Waals surface area (Å²) in [7, 11) is 0. The van der Waals surface area contributed by atoms with Gasteiger partial charge in [-0.1, -0.05) is 63.5 Å². The van der Waals surface area contributed by atoms with Crippen molar-refractivity contribution in [3.8, 4) is 0 Å². The second-order valence-electron chi connectivity index (χ2n) is 6.26. The van der Waals surface area contributed by atoms with Gasteiger partial charge in [0.15, 0.2) is 0 Å². The number of ether oxygens (including phenoxy) is 1. The Morgan fingerprint density at radius 1 is 0.619 bits per heavy atom. The van der Waals surface area contributed by atoms with Gasteiger partial charge in [0.05, 0.1) is 6.61 Å². The number of rotatable bonds is 0. The smallest absolute Gasteiger partial charge is 0.305 e. The van der Waals surface area contributed by atoms with Crippen LogP contribution in [0.15, 0.2) is 12.2 Å². The lowest BCUT2D eigenvalue weighted by atomic mass is 10.1. The Bertz CT molecular complexity index is 271. The van der Waals surface area contributed by atoms with Crippen LogP contribution in [0.4, 0.5) is 0 Å². The Hall–Kier alpha value is -0.790. The Labute approximate surface area is 131 Å². The van der Waals surface area contributed by atoms with Crippen molar-refractivity contribution in [3.05, 3.63) is 12.2 Å². The monoisotopic (exact) mass is 294 g/mol. The van der Waals surface area contributed by atoms with Gasteiger partial charge in [-0.05, 0) is 38.5 Å². The van der Waals surface area contributed by atoms with Gasteiger partial charge < -0.3 is 4.74 Å². The van der Waals surface area contributed by atoms with Crippen LogP contribution in [0.2, 0.25) is 0 Å². The standard InChI is InChI=1S/C19H34O2/c20-19-17-15-13-11-9-7-5-3-1-2-4-6-8-10-12-14-16-18-21-19/h1-2H,3-18H2/b2-1+. The Morgan fingerprint density at radius 2 is 1.10 bits per heavy atom. The van der Waals surface area contributed by atoms with Crippen LogP contribution in [0.1, 0.15) is 96.3 Å². The van der Waals surface area contributed by atoms with E-state index in [0.717, 1.165) is 12.8 Å². The van der Waals surface area contributed by atoms with E-state index >= 15 is 0 Å². The Balaban J connectivity index is 2.15. The topological polar surface area (TPSA) is 26.3 Å². The van der Waals surface area contributed by atoms with E-state index in [-0.39, 0.29) is 5.97 Å². The minimum atomic E-state index is 0.00883. The fourth-order valence-corrected chi connectivity index (χ4v) is 2.80. The van der Waals surface area contributed by atoms with Crippen LogP contribution in [0.5, 0.6) is 0 Å². The Morgan fingerprint density at radius 3 is 1.71 bits per heavy atom. The highest BCUT2D eigenvalue weighted by Gasteiger charge is 2.02. The van der Waals surface area contributed by atoms with Crippen LogP contribution in [0, 0.1) is 0 Å². The molecule has 0 aliphatic carbocycles. The highest BCUT2D eigenvalue weighted by Crippen LogP contribution is 2.11. The molecule has 0 amide bonds. The molecule has 0 aromatic heterocycles. The van der Waals surface area contributed by atoms with Crippen molar-refractivity contribution >= 4 is 5.97 Å². The minimum Gasteiger partial charge on any atom is -0.466 e. The molecular formula is C19H34O2.